The molecule has 0 aliphatic carbocycles. The molecule has 1 aliphatic heterocycles. The molecule has 0 aromatic heterocycles. The molecule has 3 aromatic carbocycles. The number of methoxy groups -OCH3 is 5. The van der Waals surface area contributed by atoms with Gasteiger partial charge in [0.15, 0.2) is 23.0 Å². The molecule has 1 atom stereocenters. The van der Waals surface area contributed by atoms with Crippen molar-refractivity contribution in [2.24, 2.45) is 0 Å². The molecule has 214 valence electrons. The zero-order chi connectivity index (χ0) is 29.0. The van der Waals surface area contributed by atoms with E-state index in [1.807, 2.05) is 6.07 Å². The lowest BCUT2D eigenvalue weighted by Crippen LogP contribution is -2.42. The van der Waals surface area contributed by atoms with Crippen LogP contribution in [0.5, 0.6) is 34.5 Å². The topological polar surface area (TPSA) is 75.7 Å². The Morgan fingerprint density at radius 1 is 0.850 bits per heavy atom. The van der Waals surface area contributed by atoms with Crippen LogP contribution in [-0.2, 0) is 12.6 Å². The van der Waals surface area contributed by atoms with Crippen molar-refractivity contribution in [2.45, 2.75) is 18.6 Å². The number of hydrogen-bond donors (Lipinski definition) is 0. The van der Waals surface area contributed by atoms with Gasteiger partial charge in [-0.3, -0.25) is 4.79 Å². The van der Waals surface area contributed by atoms with E-state index < -0.39 is 17.8 Å². The van der Waals surface area contributed by atoms with Crippen LogP contribution in [0.3, 0.4) is 0 Å². The summed E-state index contributed by atoms with van der Waals surface area (Å²) in [5, 5.41) is 0. The summed E-state index contributed by atoms with van der Waals surface area (Å²) in [4.78, 5) is 15.6. The van der Waals surface area contributed by atoms with Crippen molar-refractivity contribution in [3.63, 3.8) is 0 Å². The predicted octanol–water partition coefficient (Wildman–Crippen LogP) is 5.57. The van der Waals surface area contributed by atoms with Gasteiger partial charge < -0.3 is 33.3 Å². The van der Waals surface area contributed by atoms with E-state index >= 15 is 0 Å². The molecule has 0 spiro atoms. The van der Waals surface area contributed by atoms with Crippen molar-refractivity contribution in [3.05, 3.63) is 70.8 Å². The van der Waals surface area contributed by atoms with Crippen LogP contribution >= 0.6 is 0 Å². The summed E-state index contributed by atoms with van der Waals surface area (Å²) in [5.41, 5.74) is 1.09. The van der Waals surface area contributed by atoms with E-state index in [2.05, 4.69) is 0 Å². The number of rotatable bonds is 9. The fourth-order valence-corrected chi connectivity index (χ4v) is 4.76. The fraction of sp³-hybridized carbons (Fsp3) is 0.345. The Labute approximate surface area is 230 Å². The first-order valence-electron chi connectivity index (χ1n) is 12.3. The van der Waals surface area contributed by atoms with Gasteiger partial charge in [-0.15, -0.1) is 0 Å². The lowest BCUT2D eigenvalue weighted by Gasteiger charge is -2.38. The van der Waals surface area contributed by atoms with E-state index in [0.717, 1.165) is 23.3 Å². The normalized spacial score (nSPS) is 14.7. The second-order valence-electron chi connectivity index (χ2n) is 8.92. The van der Waals surface area contributed by atoms with E-state index in [4.69, 9.17) is 28.4 Å². The second-order valence-corrected chi connectivity index (χ2v) is 8.92. The second kappa shape index (κ2) is 11.8. The average Bonchev–Trinajstić information content (AvgIpc) is 2.97. The van der Waals surface area contributed by atoms with E-state index in [1.165, 1.54) is 47.7 Å². The van der Waals surface area contributed by atoms with Crippen molar-refractivity contribution in [1.29, 1.82) is 0 Å². The Hall–Kier alpha value is -4.28. The largest absolute Gasteiger partial charge is 0.493 e. The number of carbonyl (C=O) groups excluding carboxylic acids is 1. The van der Waals surface area contributed by atoms with E-state index in [-0.39, 0.29) is 23.8 Å². The van der Waals surface area contributed by atoms with Crippen LogP contribution in [0.4, 0.5) is 13.2 Å². The molecule has 8 nitrogen and oxygen atoms in total. The Kier molecular flexibility index (Phi) is 8.51. The molecule has 4 rings (SSSR count). The van der Waals surface area contributed by atoms with E-state index in [0.29, 0.717) is 41.7 Å². The summed E-state index contributed by atoms with van der Waals surface area (Å²) in [7, 11) is 7.40. The van der Waals surface area contributed by atoms with Crippen LogP contribution in [0.1, 0.15) is 33.1 Å². The maximum absolute atomic E-state index is 13.9. The third kappa shape index (κ3) is 5.68. The lowest BCUT2D eigenvalue weighted by molar-refractivity contribution is -0.137. The summed E-state index contributed by atoms with van der Waals surface area (Å²) < 4.78 is 72.9. The summed E-state index contributed by atoms with van der Waals surface area (Å²) in [6, 6.07) is 10.7. The van der Waals surface area contributed by atoms with Crippen molar-refractivity contribution in [2.75, 3.05) is 48.7 Å². The fourth-order valence-electron chi connectivity index (χ4n) is 4.76. The molecule has 0 fully saturated rings. The smallest absolute Gasteiger partial charge is 0.416 e. The van der Waals surface area contributed by atoms with Crippen molar-refractivity contribution >= 4 is 5.91 Å². The minimum absolute atomic E-state index is 0.0302. The van der Waals surface area contributed by atoms with E-state index in [1.54, 1.807) is 23.1 Å². The minimum Gasteiger partial charge on any atom is -0.493 e. The SMILES string of the molecule is COc1cc2c(cc1OC)[C@@H](COc1cccc(C(F)(F)F)c1)N(C(=O)c1cc(OC)c(OC)c(OC)c1)CC2. The number of carbonyl (C=O) groups is 1. The molecular formula is C29H30F3NO7. The summed E-state index contributed by atoms with van der Waals surface area (Å²) >= 11 is 0. The highest BCUT2D eigenvalue weighted by atomic mass is 19.4. The van der Waals surface area contributed by atoms with Gasteiger partial charge in [0, 0.05) is 12.1 Å². The first kappa shape index (κ1) is 28.7. The highest BCUT2D eigenvalue weighted by Crippen LogP contribution is 2.42. The molecule has 0 N–H and O–H groups in total. The molecule has 1 amide bonds. The zero-order valence-corrected chi connectivity index (χ0v) is 22.8. The van der Waals surface area contributed by atoms with Gasteiger partial charge >= 0.3 is 6.18 Å². The quantitative estimate of drug-likeness (QED) is 0.338. The molecule has 0 saturated carbocycles. The Morgan fingerprint density at radius 3 is 2.05 bits per heavy atom. The van der Waals surface area contributed by atoms with Crippen LogP contribution in [0.15, 0.2) is 48.5 Å². The zero-order valence-electron chi connectivity index (χ0n) is 22.8. The number of halogens is 3. The van der Waals surface area contributed by atoms with Crippen molar-refractivity contribution < 1.29 is 46.4 Å². The summed E-state index contributed by atoms with van der Waals surface area (Å²) in [5.74, 6) is 1.62. The molecule has 0 bridgehead atoms. The number of alkyl halides is 3. The first-order valence-corrected chi connectivity index (χ1v) is 12.3. The Morgan fingerprint density at radius 2 is 1.48 bits per heavy atom. The van der Waals surface area contributed by atoms with Gasteiger partial charge in [-0.1, -0.05) is 6.07 Å². The number of amides is 1. The maximum Gasteiger partial charge on any atom is 0.416 e. The third-order valence-electron chi connectivity index (χ3n) is 6.74. The van der Waals surface area contributed by atoms with Gasteiger partial charge in [0.05, 0.1) is 47.2 Å². The van der Waals surface area contributed by atoms with Gasteiger partial charge in [0.1, 0.15) is 12.4 Å². The molecule has 0 unspecified atom stereocenters. The molecular weight excluding hydrogens is 531 g/mol. The molecule has 11 heteroatoms. The third-order valence-corrected chi connectivity index (χ3v) is 6.74. The first-order chi connectivity index (χ1) is 19.1. The van der Waals surface area contributed by atoms with Crippen LogP contribution in [0, 0.1) is 0 Å². The van der Waals surface area contributed by atoms with Crippen molar-refractivity contribution in [3.8, 4) is 34.5 Å². The lowest BCUT2D eigenvalue weighted by atomic mass is 9.91. The van der Waals surface area contributed by atoms with Crippen LogP contribution < -0.4 is 28.4 Å². The number of nitrogens with zero attached hydrogens (tertiary/aromatic N) is 1. The van der Waals surface area contributed by atoms with Gasteiger partial charge in [0.25, 0.3) is 5.91 Å². The standard InChI is InChI=1S/C29H30F3NO7/c1-35-23-11-17-9-10-33(28(34)18-12-25(37-3)27(39-5)26(13-18)38-4)22(21(17)15-24(23)36-2)16-40-20-8-6-7-19(14-20)29(30,31)32/h6-8,11-15,22H,9-10,16H2,1-5H3/t22-/m1/s1. The van der Waals surface area contributed by atoms with Crippen molar-refractivity contribution in [1.82, 2.24) is 4.90 Å². The average molecular weight is 562 g/mol. The Bertz CT molecular complexity index is 1350. The number of benzene rings is 3. The Balaban J connectivity index is 1.75. The van der Waals surface area contributed by atoms with Crippen LogP contribution in [0.2, 0.25) is 0 Å². The molecule has 0 radical (unpaired) electrons. The van der Waals surface area contributed by atoms with Crippen LogP contribution in [-0.4, -0.2) is 59.5 Å². The highest BCUT2D eigenvalue weighted by Gasteiger charge is 2.35. The van der Waals surface area contributed by atoms with Gasteiger partial charge in [-0.25, -0.2) is 0 Å². The monoisotopic (exact) mass is 561 g/mol. The summed E-state index contributed by atoms with van der Waals surface area (Å²) in [6.45, 7) is 0.203. The number of hydrogen-bond acceptors (Lipinski definition) is 7. The molecule has 1 heterocycles. The van der Waals surface area contributed by atoms with E-state index in [9.17, 15) is 18.0 Å². The molecule has 0 saturated heterocycles. The maximum atomic E-state index is 13.9. The molecule has 3 aromatic rings. The minimum atomic E-state index is -4.52. The number of ether oxygens (including phenoxy) is 6. The predicted molar refractivity (Wildman–Crippen MR) is 140 cm³/mol. The van der Waals surface area contributed by atoms with Gasteiger partial charge in [-0.2, -0.15) is 13.2 Å². The van der Waals surface area contributed by atoms with Crippen LogP contribution in [0.25, 0.3) is 0 Å². The number of fused-ring (bicyclic) bond motifs is 1. The van der Waals surface area contributed by atoms with Gasteiger partial charge in [0.2, 0.25) is 5.75 Å². The van der Waals surface area contributed by atoms with Gasteiger partial charge in [-0.05, 0) is 60.0 Å². The highest BCUT2D eigenvalue weighted by molar-refractivity contribution is 5.96. The summed E-state index contributed by atoms with van der Waals surface area (Å²) in [6.07, 6.45) is -4.01. The molecule has 40 heavy (non-hydrogen) atoms. The molecule has 1 aliphatic rings.